The number of halogens is 1. The summed E-state index contributed by atoms with van der Waals surface area (Å²) in [6.45, 7) is 3.95. The zero-order valence-electron chi connectivity index (χ0n) is 11.1. The van der Waals surface area contributed by atoms with Gasteiger partial charge in [0.15, 0.2) is 0 Å². The van der Waals surface area contributed by atoms with Crippen LogP contribution in [0.15, 0.2) is 18.2 Å². The number of hydrogen-bond donors (Lipinski definition) is 0. The van der Waals surface area contributed by atoms with E-state index in [1.54, 1.807) is 13.8 Å². The second-order valence-electron chi connectivity index (χ2n) is 3.83. The monoisotopic (exact) mass is 268 g/mol. The zero-order chi connectivity index (χ0) is 14.3. The van der Waals surface area contributed by atoms with Crippen molar-refractivity contribution in [2.45, 2.75) is 26.7 Å². The van der Waals surface area contributed by atoms with Crippen LogP contribution in [0.5, 0.6) is 0 Å². The standard InChI is InChI=1S/C14H17FO4/c1-3-18-13(16)8-5-10-9-11(15)6-7-12(10)14(17)19-4-2/h6-7,9H,3-5,8H2,1-2H3. The molecule has 0 bridgehead atoms. The molecule has 1 aromatic carbocycles. The molecule has 104 valence electrons. The van der Waals surface area contributed by atoms with Gasteiger partial charge >= 0.3 is 11.9 Å². The van der Waals surface area contributed by atoms with Gasteiger partial charge in [-0.2, -0.15) is 0 Å². The number of esters is 2. The molecule has 0 radical (unpaired) electrons. The number of carbonyl (C=O) groups excluding carboxylic acids is 2. The van der Waals surface area contributed by atoms with E-state index in [4.69, 9.17) is 9.47 Å². The van der Waals surface area contributed by atoms with Crippen molar-refractivity contribution in [1.29, 1.82) is 0 Å². The number of benzene rings is 1. The molecule has 0 aromatic heterocycles. The molecule has 0 spiro atoms. The molecular weight excluding hydrogens is 251 g/mol. The lowest BCUT2D eigenvalue weighted by Gasteiger charge is -2.09. The minimum absolute atomic E-state index is 0.101. The Balaban J connectivity index is 2.82. The molecule has 1 rings (SSSR count). The highest BCUT2D eigenvalue weighted by atomic mass is 19.1. The fourth-order valence-corrected chi connectivity index (χ4v) is 1.65. The SMILES string of the molecule is CCOC(=O)CCc1cc(F)ccc1C(=O)OCC. The third-order valence-electron chi connectivity index (χ3n) is 2.47. The van der Waals surface area contributed by atoms with E-state index in [2.05, 4.69) is 0 Å². The Morgan fingerprint density at radius 3 is 2.47 bits per heavy atom. The van der Waals surface area contributed by atoms with Crippen LogP contribution in [0, 0.1) is 5.82 Å². The molecule has 0 N–H and O–H groups in total. The quantitative estimate of drug-likeness (QED) is 0.744. The van der Waals surface area contributed by atoms with E-state index in [1.165, 1.54) is 18.2 Å². The summed E-state index contributed by atoms with van der Waals surface area (Å²) >= 11 is 0. The first-order valence-corrected chi connectivity index (χ1v) is 6.19. The normalized spacial score (nSPS) is 10.1. The molecule has 5 heteroatoms. The van der Waals surface area contributed by atoms with Gasteiger partial charge in [0, 0.05) is 6.42 Å². The van der Waals surface area contributed by atoms with Gasteiger partial charge < -0.3 is 9.47 Å². The Morgan fingerprint density at radius 1 is 1.16 bits per heavy atom. The van der Waals surface area contributed by atoms with Crippen LogP contribution in [0.4, 0.5) is 4.39 Å². The lowest BCUT2D eigenvalue weighted by Crippen LogP contribution is -2.11. The van der Waals surface area contributed by atoms with Crippen molar-refractivity contribution < 1.29 is 23.5 Å². The number of hydrogen-bond acceptors (Lipinski definition) is 4. The van der Waals surface area contributed by atoms with Crippen LogP contribution in [0.25, 0.3) is 0 Å². The van der Waals surface area contributed by atoms with Crippen molar-refractivity contribution in [2.75, 3.05) is 13.2 Å². The van der Waals surface area contributed by atoms with Gasteiger partial charge in [0.25, 0.3) is 0 Å². The molecule has 0 fully saturated rings. The second kappa shape index (κ2) is 7.51. The van der Waals surface area contributed by atoms with Gasteiger partial charge in [0.1, 0.15) is 5.82 Å². The molecule has 0 heterocycles. The highest BCUT2D eigenvalue weighted by Crippen LogP contribution is 2.15. The molecule has 0 amide bonds. The highest BCUT2D eigenvalue weighted by Gasteiger charge is 2.14. The molecule has 0 saturated heterocycles. The van der Waals surface area contributed by atoms with E-state index in [1.807, 2.05) is 0 Å². The molecule has 4 nitrogen and oxygen atoms in total. The van der Waals surface area contributed by atoms with Gasteiger partial charge in [-0.05, 0) is 44.0 Å². The summed E-state index contributed by atoms with van der Waals surface area (Å²) in [5.41, 5.74) is 0.735. The van der Waals surface area contributed by atoms with Crippen molar-refractivity contribution in [2.24, 2.45) is 0 Å². The Bertz CT molecular complexity index is 457. The maximum absolute atomic E-state index is 13.2. The second-order valence-corrected chi connectivity index (χ2v) is 3.83. The highest BCUT2D eigenvalue weighted by molar-refractivity contribution is 5.91. The first kappa shape index (κ1) is 15.1. The average Bonchev–Trinajstić information content (AvgIpc) is 2.37. The van der Waals surface area contributed by atoms with E-state index in [0.29, 0.717) is 12.2 Å². The summed E-state index contributed by atoms with van der Waals surface area (Å²) in [5.74, 6) is -1.34. The topological polar surface area (TPSA) is 52.6 Å². The fourth-order valence-electron chi connectivity index (χ4n) is 1.65. The Kier molecular flexibility index (Phi) is 5.99. The number of rotatable bonds is 6. The van der Waals surface area contributed by atoms with Crippen LogP contribution in [0.1, 0.15) is 36.2 Å². The largest absolute Gasteiger partial charge is 0.466 e. The van der Waals surface area contributed by atoms with Gasteiger partial charge in [0.2, 0.25) is 0 Å². The molecule has 0 aliphatic heterocycles. The summed E-state index contributed by atoms with van der Waals surface area (Å²) in [6, 6.07) is 3.80. The number of aryl methyl sites for hydroxylation is 1. The molecule has 0 saturated carbocycles. The predicted molar refractivity (Wildman–Crippen MR) is 67.3 cm³/mol. The van der Waals surface area contributed by atoms with Crippen LogP contribution in [-0.2, 0) is 20.7 Å². The number of ether oxygens (including phenoxy) is 2. The third-order valence-corrected chi connectivity index (χ3v) is 2.47. The van der Waals surface area contributed by atoms with Crippen molar-refractivity contribution in [1.82, 2.24) is 0 Å². The van der Waals surface area contributed by atoms with E-state index < -0.39 is 11.8 Å². The molecule has 0 unspecified atom stereocenters. The Morgan fingerprint density at radius 2 is 1.84 bits per heavy atom. The van der Waals surface area contributed by atoms with E-state index >= 15 is 0 Å². The smallest absolute Gasteiger partial charge is 0.338 e. The third kappa shape index (κ3) is 4.69. The Hall–Kier alpha value is -1.91. The van der Waals surface area contributed by atoms with Gasteiger partial charge in [-0.1, -0.05) is 0 Å². The van der Waals surface area contributed by atoms with E-state index in [0.717, 1.165) is 0 Å². The van der Waals surface area contributed by atoms with Gasteiger partial charge in [-0.3, -0.25) is 4.79 Å². The summed E-state index contributed by atoms with van der Waals surface area (Å²) in [5, 5.41) is 0. The van der Waals surface area contributed by atoms with Gasteiger partial charge in [0.05, 0.1) is 18.8 Å². The molecular formula is C14H17FO4. The van der Waals surface area contributed by atoms with Gasteiger partial charge in [-0.25, -0.2) is 9.18 Å². The summed E-state index contributed by atoms with van der Waals surface area (Å²) in [6.07, 6.45) is 0.342. The van der Waals surface area contributed by atoms with Crippen LogP contribution in [0.3, 0.4) is 0 Å². The summed E-state index contributed by atoms with van der Waals surface area (Å²) in [7, 11) is 0. The van der Waals surface area contributed by atoms with Gasteiger partial charge in [-0.15, -0.1) is 0 Å². The molecule has 19 heavy (non-hydrogen) atoms. The maximum Gasteiger partial charge on any atom is 0.338 e. The first-order chi connectivity index (χ1) is 9.08. The maximum atomic E-state index is 13.2. The summed E-state index contributed by atoms with van der Waals surface area (Å²) < 4.78 is 22.9. The van der Waals surface area contributed by atoms with Crippen LogP contribution < -0.4 is 0 Å². The van der Waals surface area contributed by atoms with Crippen molar-refractivity contribution in [3.63, 3.8) is 0 Å². The van der Waals surface area contributed by atoms with Crippen LogP contribution >= 0.6 is 0 Å². The Labute approximate surface area is 111 Å². The lowest BCUT2D eigenvalue weighted by atomic mass is 10.0. The molecule has 0 atom stereocenters. The average molecular weight is 268 g/mol. The fraction of sp³-hybridized carbons (Fsp3) is 0.429. The zero-order valence-corrected chi connectivity index (χ0v) is 11.1. The van der Waals surface area contributed by atoms with E-state index in [9.17, 15) is 14.0 Å². The summed E-state index contributed by atoms with van der Waals surface area (Å²) in [4.78, 5) is 23.0. The molecule has 0 aliphatic rings. The molecule has 0 aliphatic carbocycles. The molecule has 1 aromatic rings. The van der Waals surface area contributed by atoms with Crippen LogP contribution in [0.2, 0.25) is 0 Å². The number of carbonyl (C=O) groups is 2. The van der Waals surface area contributed by atoms with Crippen molar-refractivity contribution in [3.8, 4) is 0 Å². The lowest BCUT2D eigenvalue weighted by molar-refractivity contribution is -0.143. The minimum Gasteiger partial charge on any atom is -0.466 e. The predicted octanol–water partition coefficient (Wildman–Crippen LogP) is 2.50. The van der Waals surface area contributed by atoms with Crippen LogP contribution in [-0.4, -0.2) is 25.2 Å². The van der Waals surface area contributed by atoms with Crippen molar-refractivity contribution in [3.05, 3.63) is 35.1 Å². The van der Waals surface area contributed by atoms with Crippen molar-refractivity contribution >= 4 is 11.9 Å². The minimum atomic E-state index is -0.513. The first-order valence-electron chi connectivity index (χ1n) is 6.19. The van der Waals surface area contributed by atoms with E-state index in [-0.39, 0.29) is 31.0 Å².